The smallest absolute Gasteiger partial charge is 0.328 e. The summed E-state index contributed by atoms with van der Waals surface area (Å²) in [6, 6.07) is 7.67. The number of hydrogen-bond donors (Lipinski definition) is 0. The first-order valence-corrected chi connectivity index (χ1v) is 8.58. The molecular formula is C16H14ClN3O4S. The Morgan fingerprint density at radius 3 is 2.76 bits per heavy atom. The van der Waals surface area contributed by atoms with E-state index in [4.69, 9.17) is 16.3 Å². The highest BCUT2D eigenvalue weighted by atomic mass is 35.5. The van der Waals surface area contributed by atoms with Gasteiger partial charge in [-0.15, -0.1) is 11.3 Å². The molecule has 1 aromatic carbocycles. The van der Waals surface area contributed by atoms with Crippen molar-refractivity contribution in [1.29, 1.82) is 0 Å². The predicted molar refractivity (Wildman–Crippen MR) is 95.0 cm³/mol. The number of fused-ring (bicyclic) bond motifs is 1. The van der Waals surface area contributed by atoms with Crippen LogP contribution in [-0.2, 0) is 22.7 Å². The van der Waals surface area contributed by atoms with E-state index in [-0.39, 0.29) is 24.5 Å². The molecule has 0 amide bonds. The molecular weight excluding hydrogens is 366 g/mol. The van der Waals surface area contributed by atoms with Crippen molar-refractivity contribution in [2.75, 3.05) is 0 Å². The Morgan fingerprint density at radius 2 is 2.12 bits per heavy atom. The molecule has 0 saturated carbocycles. The highest BCUT2D eigenvalue weighted by Crippen LogP contribution is 2.35. The lowest BCUT2D eigenvalue weighted by atomic mass is 10.2. The lowest BCUT2D eigenvalue weighted by Gasteiger charge is -2.05. The predicted octanol–water partition coefficient (Wildman–Crippen LogP) is 4.02. The molecule has 0 spiro atoms. The van der Waals surface area contributed by atoms with Crippen LogP contribution in [0.15, 0.2) is 24.3 Å². The van der Waals surface area contributed by atoms with Gasteiger partial charge in [0.05, 0.1) is 14.8 Å². The highest BCUT2D eigenvalue weighted by molar-refractivity contribution is 7.19. The van der Waals surface area contributed by atoms with Gasteiger partial charge in [0, 0.05) is 10.1 Å². The Hall–Kier alpha value is -2.45. The number of thiophene rings is 1. The fourth-order valence-corrected chi connectivity index (χ4v) is 3.98. The number of carbonyl (C=O) groups is 1. The molecule has 0 saturated heterocycles. The molecule has 0 aliphatic heterocycles. The maximum Gasteiger partial charge on any atom is 0.328 e. The van der Waals surface area contributed by atoms with E-state index in [1.54, 1.807) is 6.92 Å². The molecule has 7 nitrogen and oxygen atoms in total. The van der Waals surface area contributed by atoms with E-state index in [9.17, 15) is 14.9 Å². The topological polar surface area (TPSA) is 87.3 Å². The van der Waals surface area contributed by atoms with Gasteiger partial charge in [-0.1, -0.05) is 29.8 Å². The molecule has 130 valence electrons. The van der Waals surface area contributed by atoms with Crippen LogP contribution in [0.2, 0.25) is 5.02 Å². The number of esters is 1. The van der Waals surface area contributed by atoms with Gasteiger partial charge in [-0.25, -0.2) is 0 Å². The largest absolute Gasteiger partial charge is 0.459 e. The molecule has 0 fully saturated rings. The average Bonchev–Trinajstić information content (AvgIpc) is 3.03. The second kappa shape index (κ2) is 6.81. The van der Waals surface area contributed by atoms with Crippen molar-refractivity contribution in [3.8, 4) is 0 Å². The van der Waals surface area contributed by atoms with Crippen LogP contribution in [0.4, 0.5) is 5.69 Å². The van der Waals surface area contributed by atoms with Crippen LogP contribution in [0.1, 0.15) is 16.3 Å². The number of rotatable bonds is 5. The Bertz CT molecular complexity index is 979. The van der Waals surface area contributed by atoms with Crippen molar-refractivity contribution < 1.29 is 14.5 Å². The highest BCUT2D eigenvalue weighted by Gasteiger charge is 2.23. The molecule has 0 bridgehead atoms. The van der Waals surface area contributed by atoms with Crippen LogP contribution in [-0.4, -0.2) is 20.7 Å². The molecule has 0 aliphatic carbocycles. The van der Waals surface area contributed by atoms with Gasteiger partial charge in [-0.05, 0) is 19.9 Å². The van der Waals surface area contributed by atoms with Gasteiger partial charge in [0.15, 0.2) is 0 Å². The zero-order valence-electron chi connectivity index (χ0n) is 13.5. The number of benzene rings is 1. The standard InChI is InChI=1S/C16H14ClN3O4S/c1-9-16(20(22)23)10(2)19(18-9)7-14(21)24-8-13-15(17)11-5-3-4-6-12(11)25-13/h3-6H,7-8H2,1-2H3. The zero-order valence-corrected chi connectivity index (χ0v) is 15.1. The Balaban J connectivity index is 1.70. The number of carbonyl (C=O) groups excluding carboxylic acids is 1. The number of aryl methyl sites for hydroxylation is 1. The maximum atomic E-state index is 12.1. The van der Waals surface area contributed by atoms with Crippen molar-refractivity contribution in [3.05, 3.63) is 55.7 Å². The summed E-state index contributed by atoms with van der Waals surface area (Å²) in [5.41, 5.74) is 0.502. The Morgan fingerprint density at radius 1 is 1.40 bits per heavy atom. The van der Waals surface area contributed by atoms with Gasteiger partial charge in [-0.2, -0.15) is 5.10 Å². The van der Waals surface area contributed by atoms with Gasteiger partial charge in [0.2, 0.25) is 0 Å². The van der Waals surface area contributed by atoms with E-state index in [0.29, 0.717) is 10.7 Å². The van der Waals surface area contributed by atoms with E-state index in [1.807, 2.05) is 24.3 Å². The van der Waals surface area contributed by atoms with Crippen LogP contribution in [0.3, 0.4) is 0 Å². The van der Waals surface area contributed by atoms with Crippen LogP contribution in [0.25, 0.3) is 10.1 Å². The van der Waals surface area contributed by atoms with Crippen LogP contribution in [0, 0.1) is 24.0 Å². The molecule has 3 rings (SSSR count). The molecule has 3 aromatic rings. The van der Waals surface area contributed by atoms with Crippen molar-refractivity contribution in [3.63, 3.8) is 0 Å². The van der Waals surface area contributed by atoms with E-state index >= 15 is 0 Å². The summed E-state index contributed by atoms with van der Waals surface area (Å²) in [6.07, 6.45) is 0. The SMILES string of the molecule is Cc1nn(CC(=O)OCc2sc3ccccc3c2Cl)c(C)c1[N+](=O)[O-]. The average molecular weight is 380 g/mol. The normalized spacial score (nSPS) is 11.0. The molecule has 0 aliphatic rings. The minimum Gasteiger partial charge on any atom is -0.459 e. The summed E-state index contributed by atoms with van der Waals surface area (Å²) in [7, 11) is 0. The third kappa shape index (κ3) is 3.35. The molecule has 0 atom stereocenters. The fourth-order valence-electron chi connectivity index (χ4n) is 2.58. The summed E-state index contributed by atoms with van der Waals surface area (Å²) in [5, 5.41) is 16.5. The fraction of sp³-hybridized carbons (Fsp3) is 0.250. The van der Waals surface area contributed by atoms with Gasteiger partial charge in [-0.3, -0.25) is 19.6 Å². The molecule has 9 heteroatoms. The number of ether oxygens (including phenoxy) is 1. The quantitative estimate of drug-likeness (QED) is 0.379. The van der Waals surface area contributed by atoms with Gasteiger partial charge in [0.25, 0.3) is 0 Å². The summed E-state index contributed by atoms with van der Waals surface area (Å²) in [4.78, 5) is 23.3. The van der Waals surface area contributed by atoms with Crippen molar-refractivity contribution in [2.45, 2.75) is 27.0 Å². The van der Waals surface area contributed by atoms with E-state index in [1.165, 1.54) is 22.9 Å². The Labute approximate surface area is 151 Å². The number of nitrogens with zero attached hydrogens (tertiary/aromatic N) is 3. The first-order valence-electron chi connectivity index (χ1n) is 7.38. The van der Waals surface area contributed by atoms with Crippen LogP contribution in [0.5, 0.6) is 0 Å². The second-order valence-electron chi connectivity index (χ2n) is 5.43. The molecule has 0 N–H and O–H groups in total. The Kier molecular flexibility index (Phi) is 4.73. The second-order valence-corrected chi connectivity index (χ2v) is 6.94. The minimum atomic E-state index is -0.533. The first kappa shape index (κ1) is 17.4. The van der Waals surface area contributed by atoms with E-state index < -0.39 is 10.9 Å². The molecule has 0 unspecified atom stereocenters. The lowest BCUT2D eigenvalue weighted by molar-refractivity contribution is -0.386. The van der Waals surface area contributed by atoms with Gasteiger partial charge in [0.1, 0.15) is 24.5 Å². The van der Waals surface area contributed by atoms with Crippen LogP contribution >= 0.6 is 22.9 Å². The van der Waals surface area contributed by atoms with E-state index in [2.05, 4.69) is 5.10 Å². The van der Waals surface area contributed by atoms with Crippen LogP contribution < -0.4 is 0 Å². The van der Waals surface area contributed by atoms with E-state index in [0.717, 1.165) is 15.0 Å². The summed E-state index contributed by atoms with van der Waals surface area (Å²) in [5.74, 6) is -0.533. The summed E-state index contributed by atoms with van der Waals surface area (Å²) < 4.78 is 7.56. The van der Waals surface area contributed by atoms with Crippen molar-refractivity contribution >= 4 is 44.7 Å². The number of halogens is 1. The van der Waals surface area contributed by atoms with Gasteiger partial charge < -0.3 is 4.74 Å². The number of aromatic nitrogens is 2. The first-order chi connectivity index (χ1) is 11.9. The number of hydrogen-bond acceptors (Lipinski definition) is 6. The van der Waals surface area contributed by atoms with Gasteiger partial charge >= 0.3 is 11.7 Å². The molecule has 2 heterocycles. The molecule has 0 radical (unpaired) electrons. The number of nitro groups is 1. The molecule has 2 aromatic heterocycles. The minimum absolute atomic E-state index is 0.0540. The van der Waals surface area contributed by atoms with Crippen molar-refractivity contribution in [2.24, 2.45) is 0 Å². The zero-order chi connectivity index (χ0) is 18.1. The monoisotopic (exact) mass is 379 g/mol. The molecule has 25 heavy (non-hydrogen) atoms. The maximum absolute atomic E-state index is 12.1. The third-order valence-corrected chi connectivity index (χ3v) is 5.46. The summed E-state index contributed by atoms with van der Waals surface area (Å²) in [6.45, 7) is 2.94. The summed E-state index contributed by atoms with van der Waals surface area (Å²) >= 11 is 7.78. The van der Waals surface area contributed by atoms with Crippen molar-refractivity contribution in [1.82, 2.24) is 9.78 Å². The lowest BCUT2D eigenvalue weighted by Crippen LogP contribution is -2.15. The third-order valence-electron chi connectivity index (χ3n) is 3.77.